The highest BCUT2D eigenvalue weighted by Crippen LogP contribution is 2.39. The van der Waals surface area contributed by atoms with Gasteiger partial charge in [0.1, 0.15) is 5.75 Å². The van der Waals surface area contributed by atoms with Gasteiger partial charge < -0.3 is 4.74 Å². The van der Waals surface area contributed by atoms with E-state index in [0.29, 0.717) is 11.6 Å². The van der Waals surface area contributed by atoms with Gasteiger partial charge in [-0.25, -0.2) is 0 Å². The molecule has 26 heavy (non-hydrogen) atoms. The lowest BCUT2D eigenvalue weighted by molar-refractivity contribution is 0.0526. The molecule has 2 aromatic carbocycles. The Kier molecular flexibility index (Phi) is 3.74. The molecule has 3 heterocycles. The molecule has 2 fully saturated rings. The second-order valence-electron chi connectivity index (χ2n) is 7.75. The largest absolute Gasteiger partial charge is 0.472 e. The van der Waals surface area contributed by atoms with Gasteiger partial charge in [0.05, 0.1) is 11.6 Å². The highest BCUT2D eigenvalue weighted by molar-refractivity contribution is 5.67. The Labute approximate surface area is 154 Å². The van der Waals surface area contributed by atoms with Crippen LogP contribution >= 0.6 is 0 Å². The molecule has 2 aromatic rings. The number of hydrogen-bond acceptors (Lipinski definition) is 4. The summed E-state index contributed by atoms with van der Waals surface area (Å²) in [4.78, 5) is 2.62. The van der Waals surface area contributed by atoms with Crippen molar-refractivity contribution in [2.75, 3.05) is 19.6 Å². The van der Waals surface area contributed by atoms with Crippen molar-refractivity contribution in [1.29, 1.82) is 5.26 Å². The number of hydrogen-bond donors (Lipinski definition) is 1. The van der Waals surface area contributed by atoms with Crippen molar-refractivity contribution in [2.24, 2.45) is 0 Å². The SMILES string of the molecule is N#Cc1ccc(-c2ccc3c(c2)CC2(CCN4CCC[C@H]4CN2)O3)cc1. The summed E-state index contributed by atoms with van der Waals surface area (Å²) >= 11 is 0. The lowest BCUT2D eigenvalue weighted by Crippen LogP contribution is -2.50. The molecule has 2 atom stereocenters. The van der Waals surface area contributed by atoms with Crippen molar-refractivity contribution in [3.05, 3.63) is 53.6 Å². The van der Waals surface area contributed by atoms with Gasteiger partial charge in [0, 0.05) is 37.5 Å². The van der Waals surface area contributed by atoms with Crippen LogP contribution in [0.3, 0.4) is 0 Å². The maximum atomic E-state index is 8.97. The van der Waals surface area contributed by atoms with Gasteiger partial charge in [-0.05, 0) is 54.8 Å². The molecule has 0 bridgehead atoms. The molecule has 0 aromatic heterocycles. The Morgan fingerprint density at radius 2 is 1.96 bits per heavy atom. The van der Waals surface area contributed by atoms with Crippen molar-refractivity contribution in [2.45, 2.75) is 37.5 Å². The van der Waals surface area contributed by atoms with E-state index in [0.717, 1.165) is 37.2 Å². The summed E-state index contributed by atoms with van der Waals surface area (Å²) in [5.41, 5.74) is 4.06. The molecular weight excluding hydrogens is 322 g/mol. The second kappa shape index (κ2) is 6.12. The van der Waals surface area contributed by atoms with E-state index in [-0.39, 0.29) is 5.72 Å². The van der Waals surface area contributed by atoms with E-state index in [1.54, 1.807) is 0 Å². The first kappa shape index (κ1) is 15.9. The van der Waals surface area contributed by atoms with Crippen LogP contribution in [0.4, 0.5) is 0 Å². The maximum absolute atomic E-state index is 8.97. The smallest absolute Gasteiger partial charge is 0.166 e. The number of nitrogens with zero attached hydrogens (tertiary/aromatic N) is 2. The molecule has 5 rings (SSSR count). The van der Waals surface area contributed by atoms with Gasteiger partial charge in [-0.15, -0.1) is 0 Å². The molecule has 0 saturated carbocycles. The van der Waals surface area contributed by atoms with Gasteiger partial charge >= 0.3 is 0 Å². The van der Waals surface area contributed by atoms with Crippen LogP contribution in [0.5, 0.6) is 5.75 Å². The molecule has 4 nitrogen and oxygen atoms in total. The fourth-order valence-corrected chi connectivity index (χ4v) is 4.66. The lowest BCUT2D eigenvalue weighted by atomic mass is 9.97. The minimum Gasteiger partial charge on any atom is -0.472 e. The van der Waals surface area contributed by atoms with Gasteiger partial charge in [-0.2, -0.15) is 5.26 Å². The third kappa shape index (κ3) is 2.68. The zero-order valence-electron chi connectivity index (χ0n) is 14.9. The van der Waals surface area contributed by atoms with E-state index in [2.05, 4.69) is 34.5 Å². The van der Waals surface area contributed by atoms with E-state index in [9.17, 15) is 0 Å². The molecule has 3 aliphatic heterocycles. The molecule has 0 radical (unpaired) electrons. The van der Waals surface area contributed by atoms with Crippen molar-refractivity contribution in [3.63, 3.8) is 0 Å². The number of rotatable bonds is 1. The Bertz CT molecular complexity index is 854. The van der Waals surface area contributed by atoms with E-state index in [1.807, 2.05) is 24.3 Å². The van der Waals surface area contributed by atoms with E-state index < -0.39 is 0 Å². The van der Waals surface area contributed by atoms with Crippen LogP contribution in [0, 0.1) is 11.3 Å². The van der Waals surface area contributed by atoms with Gasteiger partial charge in [-0.1, -0.05) is 18.2 Å². The molecule has 1 N–H and O–H groups in total. The average Bonchev–Trinajstić information content (AvgIpc) is 3.24. The maximum Gasteiger partial charge on any atom is 0.166 e. The molecule has 4 heteroatoms. The molecule has 2 saturated heterocycles. The first-order valence-corrected chi connectivity index (χ1v) is 9.56. The van der Waals surface area contributed by atoms with E-state index >= 15 is 0 Å². The lowest BCUT2D eigenvalue weighted by Gasteiger charge is -2.28. The number of benzene rings is 2. The zero-order valence-corrected chi connectivity index (χ0v) is 14.9. The number of nitriles is 1. The molecular formula is C22H23N3O. The third-order valence-corrected chi connectivity index (χ3v) is 6.15. The van der Waals surface area contributed by atoms with Crippen molar-refractivity contribution < 1.29 is 4.74 Å². The van der Waals surface area contributed by atoms with E-state index in [1.165, 1.54) is 30.5 Å². The van der Waals surface area contributed by atoms with Crippen LogP contribution < -0.4 is 10.1 Å². The standard InChI is InChI=1S/C22H23N3O/c23-14-16-3-5-17(6-4-16)18-7-8-21-19(12-18)13-22(26-21)9-11-25-10-1-2-20(25)15-24-22/h3-8,12,20,24H,1-2,9-11,13,15H2/t20-,22?/m0/s1. The molecule has 132 valence electrons. The normalized spacial score (nSPS) is 27.4. The monoisotopic (exact) mass is 345 g/mol. The molecule has 0 amide bonds. The van der Waals surface area contributed by atoms with Gasteiger partial charge in [-0.3, -0.25) is 10.2 Å². The molecule has 1 spiro atoms. The van der Waals surface area contributed by atoms with Gasteiger partial charge in [0.25, 0.3) is 0 Å². The topological polar surface area (TPSA) is 48.3 Å². The summed E-state index contributed by atoms with van der Waals surface area (Å²) in [6, 6.07) is 17.1. The first-order chi connectivity index (χ1) is 12.7. The van der Waals surface area contributed by atoms with Crippen molar-refractivity contribution in [1.82, 2.24) is 10.2 Å². The van der Waals surface area contributed by atoms with Crippen LogP contribution in [0.2, 0.25) is 0 Å². The van der Waals surface area contributed by atoms with Gasteiger partial charge in [0.15, 0.2) is 5.72 Å². The van der Waals surface area contributed by atoms with Crippen molar-refractivity contribution >= 4 is 0 Å². The quantitative estimate of drug-likeness (QED) is 0.861. The van der Waals surface area contributed by atoms with Crippen LogP contribution in [0.1, 0.15) is 30.4 Å². The number of fused-ring (bicyclic) bond motifs is 2. The Hall–Kier alpha value is -2.35. The molecule has 3 aliphatic rings. The summed E-state index contributed by atoms with van der Waals surface area (Å²) in [6.07, 6.45) is 4.59. The predicted octanol–water partition coefficient (Wildman–Crippen LogP) is 3.31. The first-order valence-electron chi connectivity index (χ1n) is 9.56. The van der Waals surface area contributed by atoms with Crippen LogP contribution in [-0.2, 0) is 6.42 Å². The Morgan fingerprint density at radius 1 is 1.12 bits per heavy atom. The fraction of sp³-hybridized carbons (Fsp3) is 0.409. The van der Waals surface area contributed by atoms with Gasteiger partial charge in [0.2, 0.25) is 0 Å². The predicted molar refractivity (Wildman–Crippen MR) is 101 cm³/mol. The van der Waals surface area contributed by atoms with Crippen molar-refractivity contribution in [3.8, 4) is 22.9 Å². The zero-order chi connectivity index (χ0) is 17.6. The second-order valence-corrected chi connectivity index (χ2v) is 7.75. The van der Waals surface area contributed by atoms with Crippen LogP contribution in [0.15, 0.2) is 42.5 Å². The van der Waals surface area contributed by atoms with E-state index in [4.69, 9.17) is 10.00 Å². The summed E-state index contributed by atoms with van der Waals surface area (Å²) in [6.45, 7) is 3.38. The summed E-state index contributed by atoms with van der Waals surface area (Å²) in [5.74, 6) is 1.01. The van der Waals surface area contributed by atoms with Crippen LogP contribution in [0.25, 0.3) is 11.1 Å². The Morgan fingerprint density at radius 3 is 2.81 bits per heavy atom. The third-order valence-electron chi connectivity index (χ3n) is 6.15. The van der Waals surface area contributed by atoms with Crippen LogP contribution in [-0.4, -0.2) is 36.3 Å². The number of ether oxygens (including phenoxy) is 1. The number of nitrogens with one attached hydrogen (secondary N) is 1. The molecule has 1 unspecified atom stereocenters. The molecule has 0 aliphatic carbocycles. The minimum absolute atomic E-state index is 0.240. The fourth-order valence-electron chi connectivity index (χ4n) is 4.66. The average molecular weight is 345 g/mol. The highest BCUT2D eigenvalue weighted by atomic mass is 16.5. The Balaban J connectivity index is 1.38. The minimum atomic E-state index is -0.240. The summed E-state index contributed by atoms with van der Waals surface area (Å²) < 4.78 is 6.43. The summed E-state index contributed by atoms with van der Waals surface area (Å²) in [5, 5.41) is 12.7. The summed E-state index contributed by atoms with van der Waals surface area (Å²) in [7, 11) is 0. The highest BCUT2D eigenvalue weighted by Gasteiger charge is 2.43.